The number of fused-ring (bicyclic) bond motifs is 2. The molecule has 7 rings (SSSR count). The molecule has 0 amide bonds. The molecule has 2 aromatic carbocycles. The van der Waals surface area contributed by atoms with Crippen molar-refractivity contribution in [1.82, 2.24) is 15.0 Å². The Hall–Kier alpha value is -3.23. The van der Waals surface area contributed by atoms with Crippen LogP contribution in [0.4, 0.5) is 0 Å². The highest BCUT2D eigenvalue weighted by molar-refractivity contribution is 6.39. The Morgan fingerprint density at radius 2 is 1.71 bits per heavy atom. The first-order chi connectivity index (χ1) is 20.4. The third-order valence-corrected chi connectivity index (χ3v) is 9.51. The normalized spacial score (nSPS) is 22.0. The molecular weight excluding hydrogens is 573 g/mol. The van der Waals surface area contributed by atoms with Crippen LogP contribution in [0.1, 0.15) is 71.8 Å². The second-order valence-corrected chi connectivity index (χ2v) is 12.4. The van der Waals surface area contributed by atoms with Gasteiger partial charge in [0.2, 0.25) is 0 Å². The SMILES string of the molecule is O=C(O)c1cccc(-c2ccc(COC3CC4CCC(C3)N4Cc3c(-c4c(Cl)cccc4Cl)noc3C3CC3)nc2)c1. The molecule has 42 heavy (non-hydrogen) atoms. The predicted molar refractivity (Wildman–Crippen MR) is 161 cm³/mol. The highest BCUT2D eigenvalue weighted by atomic mass is 35.5. The molecule has 1 saturated carbocycles. The van der Waals surface area contributed by atoms with Crippen molar-refractivity contribution in [2.75, 3.05) is 0 Å². The monoisotopic (exact) mass is 603 g/mol. The largest absolute Gasteiger partial charge is 0.478 e. The number of pyridine rings is 1. The summed E-state index contributed by atoms with van der Waals surface area (Å²) in [6, 6.07) is 17.2. The number of benzene rings is 2. The average molecular weight is 605 g/mol. The fourth-order valence-corrected chi connectivity index (χ4v) is 7.15. The predicted octanol–water partition coefficient (Wildman–Crippen LogP) is 8.00. The topological polar surface area (TPSA) is 88.7 Å². The van der Waals surface area contributed by atoms with Crippen molar-refractivity contribution in [3.63, 3.8) is 0 Å². The van der Waals surface area contributed by atoms with Crippen molar-refractivity contribution in [3.8, 4) is 22.4 Å². The molecule has 9 heteroatoms. The Labute approximate surface area is 254 Å². The van der Waals surface area contributed by atoms with Crippen LogP contribution in [0.5, 0.6) is 0 Å². The van der Waals surface area contributed by atoms with E-state index < -0.39 is 5.97 Å². The second kappa shape index (κ2) is 11.5. The molecule has 2 aromatic heterocycles. The summed E-state index contributed by atoms with van der Waals surface area (Å²) < 4.78 is 12.3. The van der Waals surface area contributed by atoms with E-state index in [-0.39, 0.29) is 11.7 Å². The quantitative estimate of drug-likeness (QED) is 0.207. The number of halogens is 2. The van der Waals surface area contributed by atoms with E-state index in [9.17, 15) is 9.90 Å². The van der Waals surface area contributed by atoms with Crippen LogP contribution in [0.15, 0.2) is 65.3 Å². The molecule has 2 unspecified atom stereocenters. The van der Waals surface area contributed by atoms with Crippen LogP contribution < -0.4 is 0 Å². The van der Waals surface area contributed by atoms with Crippen molar-refractivity contribution >= 4 is 29.2 Å². The van der Waals surface area contributed by atoms with Gasteiger partial charge in [0.05, 0.1) is 34.0 Å². The van der Waals surface area contributed by atoms with E-state index in [1.54, 1.807) is 24.4 Å². The number of ether oxygens (including phenoxy) is 1. The number of carbonyl (C=O) groups is 1. The highest BCUT2D eigenvalue weighted by Crippen LogP contribution is 2.48. The zero-order chi connectivity index (χ0) is 28.8. The minimum absolute atomic E-state index is 0.176. The van der Waals surface area contributed by atoms with Gasteiger partial charge in [0.15, 0.2) is 0 Å². The molecule has 2 atom stereocenters. The maximum absolute atomic E-state index is 11.3. The van der Waals surface area contributed by atoms with Crippen LogP contribution in [0.25, 0.3) is 22.4 Å². The van der Waals surface area contributed by atoms with Crippen LogP contribution in [0.3, 0.4) is 0 Å². The van der Waals surface area contributed by atoms with Gasteiger partial charge in [-0.05, 0) is 74.4 Å². The molecule has 0 radical (unpaired) electrons. The van der Waals surface area contributed by atoms with Gasteiger partial charge in [0.1, 0.15) is 11.5 Å². The van der Waals surface area contributed by atoms with Crippen LogP contribution in [-0.4, -0.2) is 44.3 Å². The zero-order valence-electron chi connectivity index (χ0n) is 23.0. The molecule has 1 aliphatic carbocycles. The fourth-order valence-electron chi connectivity index (χ4n) is 6.58. The van der Waals surface area contributed by atoms with E-state index in [0.29, 0.717) is 34.7 Å². The van der Waals surface area contributed by atoms with Gasteiger partial charge in [0.25, 0.3) is 0 Å². The Balaban J connectivity index is 1.02. The molecular formula is C33H31Cl2N3O4. The molecule has 2 saturated heterocycles. The lowest BCUT2D eigenvalue weighted by Gasteiger charge is -2.38. The third-order valence-electron chi connectivity index (χ3n) is 8.88. The summed E-state index contributed by atoms with van der Waals surface area (Å²) in [7, 11) is 0. The van der Waals surface area contributed by atoms with Gasteiger partial charge in [-0.15, -0.1) is 0 Å². The summed E-state index contributed by atoms with van der Waals surface area (Å²) in [6.07, 6.45) is 8.47. The van der Waals surface area contributed by atoms with Crippen LogP contribution in [-0.2, 0) is 17.9 Å². The number of aromatic nitrogens is 2. The summed E-state index contributed by atoms with van der Waals surface area (Å²) in [4.78, 5) is 18.5. The second-order valence-electron chi connectivity index (χ2n) is 11.6. The van der Waals surface area contributed by atoms with Crippen molar-refractivity contribution in [3.05, 3.63) is 93.4 Å². The summed E-state index contributed by atoms with van der Waals surface area (Å²) in [5.74, 6) is 0.481. The highest BCUT2D eigenvalue weighted by Gasteiger charge is 2.43. The van der Waals surface area contributed by atoms with E-state index in [2.05, 4.69) is 15.0 Å². The standard InChI is InChI=1S/C33H31Cl2N3O4/c34-28-5-2-6-29(35)30(28)31-27(32(42-37-31)19-7-8-19)17-38-24-11-12-25(38)15-26(14-24)41-18-23-10-9-22(16-36-23)20-3-1-4-21(13-20)33(39)40/h1-6,9-10,13,16,19,24-26H,7-8,11-12,14-15,17-18H2,(H,39,40). The molecule has 2 bridgehead atoms. The molecule has 0 spiro atoms. The van der Waals surface area contributed by atoms with Gasteiger partial charge < -0.3 is 14.4 Å². The lowest BCUT2D eigenvalue weighted by atomic mass is 9.97. The zero-order valence-corrected chi connectivity index (χ0v) is 24.5. The lowest BCUT2D eigenvalue weighted by Crippen LogP contribution is -2.45. The number of rotatable bonds is 9. The number of carboxylic acid groups (broad SMARTS) is 1. The van der Waals surface area contributed by atoms with E-state index in [1.807, 2.05) is 36.4 Å². The van der Waals surface area contributed by atoms with Crippen molar-refractivity contribution in [2.45, 2.75) is 75.8 Å². The first kappa shape index (κ1) is 27.6. The molecule has 216 valence electrons. The molecule has 4 heterocycles. The van der Waals surface area contributed by atoms with Crippen molar-refractivity contribution < 1.29 is 19.2 Å². The number of aromatic carboxylic acids is 1. The van der Waals surface area contributed by atoms with Gasteiger partial charge in [0, 0.05) is 47.4 Å². The minimum Gasteiger partial charge on any atom is -0.478 e. The van der Waals surface area contributed by atoms with Crippen molar-refractivity contribution in [2.24, 2.45) is 0 Å². The number of hydrogen-bond donors (Lipinski definition) is 1. The van der Waals surface area contributed by atoms with E-state index in [4.69, 9.17) is 32.5 Å². The first-order valence-electron chi connectivity index (χ1n) is 14.5. The van der Waals surface area contributed by atoms with Crippen LogP contribution in [0, 0.1) is 0 Å². The summed E-state index contributed by atoms with van der Waals surface area (Å²) >= 11 is 13.2. The van der Waals surface area contributed by atoms with E-state index in [1.165, 1.54) is 0 Å². The van der Waals surface area contributed by atoms with E-state index >= 15 is 0 Å². The molecule has 3 fully saturated rings. The number of hydrogen-bond acceptors (Lipinski definition) is 6. The summed E-state index contributed by atoms with van der Waals surface area (Å²) in [5.41, 5.74) is 5.49. The smallest absolute Gasteiger partial charge is 0.335 e. The Morgan fingerprint density at radius 1 is 0.976 bits per heavy atom. The maximum Gasteiger partial charge on any atom is 0.335 e. The lowest BCUT2D eigenvalue weighted by molar-refractivity contribution is -0.0316. The van der Waals surface area contributed by atoms with Gasteiger partial charge in [-0.2, -0.15) is 0 Å². The van der Waals surface area contributed by atoms with E-state index in [0.717, 1.165) is 84.5 Å². The van der Waals surface area contributed by atoms with Crippen LogP contribution >= 0.6 is 23.2 Å². The first-order valence-corrected chi connectivity index (χ1v) is 15.3. The molecule has 4 aromatic rings. The molecule has 3 aliphatic rings. The van der Waals surface area contributed by atoms with Gasteiger partial charge in [-0.25, -0.2) is 4.79 Å². The molecule has 2 aliphatic heterocycles. The Bertz CT molecular complexity index is 1580. The third kappa shape index (κ3) is 5.47. The maximum atomic E-state index is 11.3. The van der Waals surface area contributed by atoms with Gasteiger partial charge in [-0.1, -0.05) is 52.6 Å². The number of nitrogens with zero attached hydrogens (tertiary/aromatic N) is 3. The average Bonchev–Trinajstić information content (AvgIpc) is 3.72. The Kier molecular flexibility index (Phi) is 7.53. The van der Waals surface area contributed by atoms with Crippen LogP contribution in [0.2, 0.25) is 10.0 Å². The fraction of sp³-hybridized carbons (Fsp3) is 0.364. The Morgan fingerprint density at radius 3 is 2.38 bits per heavy atom. The van der Waals surface area contributed by atoms with Gasteiger partial charge >= 0.3 is 5.97 Å². The molecule has 7 nitrogen and oxygen atoms in total. The summed E-state index contributed by atoms with van der Waals surface area (Å²) in [5, 5.41) is 14.9. The van der Waals surface area contributed by atoms with Crippen molar-refractivity contribution in [1.29, 1.82) is 0 Å². The minimum atomic E-state index is -0.940. The molecule has 1 N–H and O–H groups in total. The van der Waals surface area contributed by atoms with Gasteiger partial charge in [-0.3, -0.25) is 9.88 Å². The number of piperidine rings is 1. The number of carboxylic acids is 1. The summed E-state index contributed by atoms with van der Waals surface area (Å²) in [6.45, 7) is 1.23.